The molecule has 1 aliphatic rings. The number of aromatic amines is 1. The van der Waals surface area contributed by atoms with Gasteiger partial charge in [0, 0.05) is 11.3 Å². The highest BCUT2D eigenvalue weighted by atomic mass is 19.1. The van der Waals surface area contributed by atoms with Gasteiger partial charge in [0.2, 0.25) is 5.91 Å². The lowest BCUT2D eigenvalue weighted by Gasteiger charge is -2.38. The molecule has 0 aliphatic heterocycles. The number of rotatable bonds is 6. The van der Waals surface area contributed by atoms with Gasteiger partial charge in [0.15, 0.2) is 11.6 Å². The molecule has 1 aliphatic carbocycles. The molecule has 1 aromatic carbocycles. The van der Waals surface area contributed by atoms with Crippen LogP contribution in [0.2, 0.25) is 0 Å². The Balaban J connectivity index is 1.78. The number of methoxy groups -OCH3 is 1. The minimum absolute atomic E-state index is 0.0771. The molecule has 1 aromatic heterocycles. The summed E-state index contributed by atoms with van der Waals surface area (Å²) in [6.45, 7) is 3.73. The van der Waals surface area contributed by atoms with Crippen molar-refractivity contribution in [2.45, 2.75) is 45.3 Å². The molecule has 1 amide bonds. The van der Waals surface area contributed by atoms with E-state index < -0.39 is 5.82 Å². The molecular formula is C19H24FN3O3. The quantitative estimate of drug-likeness (QED) is 0.737. The maximum absolute atomic E-state index is 14.1. The van der Waals surface area contributed by atoms with Crippen LogP contribution in [0.5, 0.6) is 5.75 Å². The number of nitrogens with one attached hydrogen (secondary N) is 2. The van der Waals surface area contributed by atoms with Crippen LogP contribution in [0.25, 0.3) is 0 Å². The van der Waals surface area contributed by atoms with Gasteiger partial charge in [0.05, 0.1) is 31.4 Å². The number of aliphatic hydroxyl groups excluding tert-OH is 1. The number of amides is 1. The number of aryl methyl sites for hydroxylation is 2. The van der Waals surface area contributed by atoms with Crippen LogP contribution < -0.4 is 10.1 Å². The van der Waals surface area contributed by atoms with E-state index in [1.54, 1.807) is 12.1 Å². The second-order valence-corrected chi connectivity index (χ2v) is 6.91. The van der Waals surface area contributed by atoms with E-state index in [1.165, 1.54) is 13.2 Å². The number of halogens is 1. The van der Waals surface area contributed by atoms with Gasteiger partial charge in [-0.1, -0.05) is 6.07 Å². The van der Waals surface area contributed by atoms with Crippen LogP contribution in [0.4, 0.5) is 4.39 Å². The molecule has 1 saturated carbocycles. The fourth-order valence-corrected chi connectivity index (χ4v) is 3.47. The van der Waals surface area contributed by atoms with E-state index in [9.17, 15) is 14.3 Å². The van der Waals surface area contributed by atoms with Crippen LogP contribution >= 0.6 is 0 Å². The molecule has 2 aromatic rings. The number of aliphatic hydroxyl groups is 1. The fourth-order valence-electron chi connectivity index (χ4n) is 3.47. The highest BCUT2D eigenvalue weighted by Gasteiger charge is 2.36. The topological polar surface area (TPSA) is 87.2 Å². The number of carbonyl (C=O) groups excluding carboxylic acids is 1. The van der Waals surface area contributed by atoms with Gasteiger partial charge in [0.1, 0.15) is 0 Å². The molecule has 7 heteroatoms. The molecule has 0 unspecified atom stereocenters. The number of hydrogen-bond acceptors (Lipinski definition) is 4. The maximum Gasteiger partial charge on any atom is 0.225 e. The first-order chi connectivity index (χ1) is 12.4. The zero-order chi connectivity index (χ0) is 18.8. The molecule has 1 atom stereocenters. The monoisotopic (exact) mass is 361 g/mol. The standard InChI is InChI=1S/C19H24FN3O3/c1-10-15(11(2)23-22-10)9-18(25)21-19(13-6-14(24)7-13)12-4-5-17(26-3)16(20)8-12/h4-5,8,13-14,19,24H,6-7,9H2,1-3H3,(H,21,25)(H,22,23)/t13?,14?,19-/m0/s1. The summed E-state index contributed by atoms with van der Waals surface area (Å²) >= 11 is 0. The minimum atomic E-state index is -0.467. The number of nitrogens with zero attached hydrogens (tertiary/aromatic N) is 1. The predicted molar refractivity (Wildman–Crippen MR) is 94.3 cm³/mol. The first-order valence-corrected chi connectivity index (χ1v) is 8.70. The Bertz CT molecular complexity index is 780. The van der Waals surface area contributed by atoms with E-state index in [0.29, 0.717) is 18.4 Å². The largest absolute Gasteiger partial charge is 0.494 e. The molecule has 3 rings (SSSR count). The van der Waals surface area contributed by atoms with E-state index in [1.807, 2.05) is 13.8 Å². The van der Waals surface area contributed by atoms with Crippen LogP contribution in [0, 0.1) is 25.6 Å². The first-order valence-electron chi connectivity index (χ1n) is 8.70. The normalized spacial score (nSPS) is 20.3. The Kier molecular flexibility index (Phi) is 5.27. The highest BCUT2D eigenvalue weighted by Crippen LogP contribution is 2.39. The smallest absolute Gasteiger partial charge is 0.225 e. The average molecular weight is 361 g/mol. The highest BCUT2D eigenvalue weighted by molar-refractivity contribution is 5.79. The molecule has 0 radical (unpaired) electrons. The maximum atomic E-state index is 14.1. The first kappa shape index (κ1) is 18.4. The van der Waals surface area contributed by atoms with Gasteiger partial charge >= 0.3 is 0 Å². The van der Waals surface area contributed by atoms with Gasteiger partial charge < -0.3 is 15.2 Å². The van der Waals surface area contributed by atoms with Gasteiger partial charge in [-0.3, -0.25) is 9.89 Å². The lowest BCUT2D eigenvalue weighted by atomic mass is 9.75. The van der Waals surface area contributed by atoms with Crippen LogP contribution in [-0.2, 0) is 11.2 Å². The lowest BCUT2D eigenvalue weighted by molar-refractivity contribution is -0.122. The number of H-pyrrole nitrogens is 1. The molecule has 140 valence electrons. The van der Waals surface area contributed by atoms with Crippen molar-refractivity contribution >= 4 is 5.91 Å². The Morgan fingerprint density at radius 3 is 2.73 bits per heavy atom. The van der Waals surface area contributed by atoms with Crippen molar-refractivity contribution in [2.24, 2.45) is 5.92 Å². The van der Waals surface area contributed by atoms with E-state index in [2.05, 4.69) is 15.5 Å². The van der Waals surface area contributed by atoms with Crippen molar-refractivity contribution < 1.29 is 19.0 Å². The Morgan fingerprint density at radius 2 is 2.19 bits per heavy atom. The molecule has 0 bridgehead atoms. The number of hydrogen-bond donors (Lipinski definition) is 3. The molecule has 1 heterocycles. The summed E-state index contributed by atoms with van der Waals surface area (Å²) in [5, 5.41) is 19.6. The Morgan fingerprint density at radius 1 is 1.46 bits per heavy atom. The molecule has 26 heavy (non-hydrogen) atoms. The second kappa shape index (κ2) is 7.45. The molecule has 6 nitrogen and oxygen atoms in total. The van der Waals surface area contributed by atoms with Crippen LogP contribution in [0.3, 0.4) is 0 Å². The van der Waals surface area contributed by atoms with E-state index >= 15 is 0 Å². The minimum Gasteiger partial charge on any atom is -0.494 e. The third-order valence-electron chi connectivity index (χ3n) is 5.09. The van der Waals surface area contributed by atoms with Crippen molar-refractivity contribution in [3.8, 4) is 5.75 Å². The number of carbonyl (C=O) groups is 1. The van der Waals surface area contributed by atoms with Crippen molar-refractivity contribution in [1.29, 1.82) is 0 Å². The van der Waals surface area contributed by atoms with Gasteiger partial charge in [0.25, 0.3) is 0 Å². The SMILES string of the molecule is COc1ccc([C@H](NC(=O)Cc2c(C)n[nH]c2C)C2CC(O)C2)cc1F. The summed E-state index contributed by atoms with van der Waals surface area (Å²) in [5.74, 6) is -0.378. The summed E-state index contributed by atoms with van der Waals surface area (Å²) in [7, 11) is 1.41. The summed E-state index contributed by atoms with van der Waals surface area (Å²) < 4.78 is 19.1. The second-order valence-electron chi connectivity index (χ2n) is 6.91. The molecule has 1 fully saturated rings. The van der Waals surface area contributed by atoms with Crippen molar-refractivity contribution in [3.05, 3.63) is 46.5 Å². The Hall–Kier alpha value is -2.41. The molecule has 0 spiro atoms. The molecule has 3 N–H and O–H groups in total. The van der Waals surface area contributed by atoms with Crippen molar-refractivity contribution in [1.82, 2.24) is 15.5 Å². The molecular weight excluding hydrogens is 337 g/mol. The number of benzene rings is 1. The van der Waals surface area contributed by atoms with E-state index in [4.69, 9.17) is 4.74 Å². The summed E-state index contributed by atoms with van der Waals surface area (Å²) in [6, 6.07) is 4.36. The number of ether oxygens (including phenoxy) is 1. The van der Waals surface area contributed by atoms with Gasteiger partial charge in [-0.2, -0.15) is 5.10 Å². The third kappa shape index (κ3) is 3.72. The number of aromatic nitrogens is 2. The summed E-state index contributed by atoms with van der Waals surface area (Å²) in [4.78, 5) is 12.6. The van der Waals surface area contributed by atoms with Gasteiger partial charge in [-0.15, -0.1) is 0 Å². The van der Waals surface area contributed by atoms with E-state index in [0.717, 1.165) is 17.0 Å². The van der Waals surface area contributed by atoms with Gasteiger partial charge in [-0.25, -0.2) is 4.39 Å². The lowest BCUT2D eigenvalue weighted by Crippen LogP contribution is -2.42. The van der Waals surface area contributed by atoms with Crippen molar-refractivity contribution in [3.63, 3.8) is 0 Å². The van der Waals surface area contributed by atoms with Crippen LogP contribution in [0.15, 0.2) is 18.2 Å². The van der Waals surface area contributed by atoms with E-state index in [-0.39, 0.29) is 36.1 Å². The molecule has 0 saturated heterocycles. The van der Waals surface area contributed by atoms with Crippen molar-refractivity contribution in [2.75, 3.05) is 7.11 Å². The van der Waals surface area contributed by atoms with Crippen LogP contribution in [-0.4, -0.2) is 34.4 Å². The predicted octanol–water partition coefficient (Wildman–Crippen LogP) is 2.35. The summed E-state index contributed by atoms with van der Waals surface area (Å²) in [6.07, 6.45) is 1.02. The van der Waals surface area contributed by atoms with Gasteiger partial charge in [-0.05, 0) is 50.3 Å². The third-order valence-corrected chi connectivity index (χ3v) is 5.09. The zero-order valence-electron chi connectivity index (χ0n) is 15.2. The average Bonchev–Trinajstić information content (AvgIpc) is 2.89. The zero-order valence-corrected chi connectivity index (χ0v) is 15.2. The van der Waals surface area contributed by atoms with Crippen LogP contribution in [0.1, 0.15) is 41.4 Å². The Labute approximate surface area is 151 Å². The fraction of sp³-hybridized carbons (Fsp3) is 0.474. The summed E-state index contributed by atoms with van der Waals surface area (Å²) in [5.41, 5.74) is 3.21.